The predicted octanol–water partition coefficient (Wildman–Crippen LogP) is 1.84. The van der Waals surface area contributed by atoms with E-state index >= 15 is 0 Å². The van der Waals surface area contributed by atoms with Crippen LogP contribution in [0.5, 0.6) is 0 Å². The van der Waals surface area contributed by atoms with E-state index in [2.05, 4.69) is 10.4 Å². The van der Waals surface area contributed by atoms with E-state index in [4.69, 9.17) is 5.11 Å². The van der Waals surface area contributed by atoms with Gasteiger partial charge in [-0.25, -0.2) is 4.79 Å². The summed E-state index contributed by atoms with van der Waals surface area (Å²) in [6.45, 7) is 3.83. The molecule has 0 aliphatic carbocycles. The van der Waals surface area contributed by atoms with Crippen LogP contribution < -0.4 is 5.32 Å². The fourth-order valence-corrected chi connectivity index (χ4v) is 1.77. The Morgan fingerprint density at radius 2 is 2.10 bits per heavy atom. The molecule has 0 radical (unpaired) electrons. The van der Waals surface area contributed by atoms with Crippen molar-refractivity contribution in [3.05, 3.63) is 47.3 Å². The number of rotatable bonds is 4. The van der Waals surface area contributed by atoms with Gasteiger partial charge in [0.05, 0.1) is 11.8 Å². The second-order valence-corrected chi connectivity index (χ2v) is 4.60. The maximum Gasteiger partial charge on any atom is 0.338 e. The highest BCUT2D eigenvalue weighted by molar-refractivity contribution is 5.91. The molecule has 104 valence electrons. The minimum Gasteiger partial charge on any atom is -0.478 e. The van der Waals surface area contributed by atoms with E-state index in [1.54, 1.807) is 0 Å². The first-order valence-electron chi connectivity index (χ1n) is 6.08. The van der Waals surface area contributed by atoms with Crippen molar-refractivity contribution >= 4 is 17.6 Å². The van der Waals surface area contributed by atoms with Crippen LogP contribution in [0, 0.1) is 13.8 Å². The van der Waals surface area contributed by atoms with E-state index in [9.17, 15) is 9.59 Å². The Morgan fingerprint density at radius 3 is 2.75 bits per heavy atom. The van der Waals surface area contributed by atoms with Crippen LogP contribution in [-0.2, 0) is 11.3 Å². The summed E-state index contributed by atoms with van der Waals surface area (Å²) >= 11 is 0. The number of carboxylic acids is 1. The van der Waals surface area contributed by atoms with Gasteiger partial charge in [-0.1, -0.05) is 12.1 Å². The molecular weight excluding hydrogens is 258 g/mol. The first-order valence-corrected chi connectivity index (χ1v) is 6.08. The molecule has 0 aliphatic rings. The molecular formula is C14H15N3O3. The van der Waals surface area contributed by atoms with Gasteiger partial charge < -0.3 is 10.4 Å². The number of hydrogen-bond acceptors (Lipinski definition) is 3. The van der Waals surface area contributed by atoms with Crippen molar-refractivity contribution in [1.82, 2.24) is 9.78 Å². The molecule has 0 atom stereocenters. The van der Waals surface area contributed by atoms with Crippen molar-refractivity contribution in [2.24, 2.45) is 0 Å². The highest BCUT2D eigenvalue weighted by atomic mass is 16.4. The monoisotopic (exact) mass is 273 g/mol. The summed E-state index contributed by atoms with van der Waals surface area (Å²) < 4.78 is 1.30. The Hall–Kier alpha value is -2.63. The van der Waals surface area contributed by atoms with E-state index in [0.29, 0.717) is 0 Å². The molecule has 1 aromatic carbocycles. The number of benzene rings is 1. The maximum absolute atomic E-state index is 11.9. The van der Waals surface area contributed by atoms with Crippen molar-refractivity contribution in [2.75, 3.05) is 5.32 Å². The molecule has 2 N–H and O–H groups in total. The molecule has 6 nitrogen and oxygen atoms in total. The van der Waals surface area contributed by atoms with Crippen LogP contribution in [0.3, 0.4) is 0 Å². The van der Waals surface area contributed by atoms with Crippen LogP contribution in [0.15, 0.2) is 30.6 Å². The summed E-state index contributed by atoms with van der Waals surface area (Å²) in [4.78, 5) is 22.6. The fourth-order valence-electron chi connectivity index (χ4n) is 1.77. The lowest BCUT2D eigenvalue weighted by atomic mass is 10.1. The quantitative estimate of drug-likeness (QED) is 0.890. The first-order chi connectivity index (χ1) is 9.45. The third-order valence-corrected chi connectivity index (χ3v) is 2.85. The Kier molecular flexibility index (Phi) is 3.84. The summed E-state index contributed by atoms with van der Waals surface area (Å²) in [6, 6.07) is 5.79. The molecule has 2 aromatic rings. The van der Waals surface area contributed by atoms with Gasteiger partial charge in [0.25, 0.3) is 0 Å². The summed E-state index contributed by atoms with van der Waals surface area (Å²) in [5.41, 5.74) is 2.83. The summed E-state index contributed by atoms with van der Waals surface area (Å²) in [6.07, 6.45) is 2.54. The molecule has 1 amide bonds. The van der Waals surface area contributed by atoms with Crippen LogP contribution >= 0.6 is 0 Å². The van der Waals surface area contributed by atoms with Crippen LogP contribution in [0.4, 0.5) is 5.69 Å². The number of anilines is 1. The lowest BCUT2D eigenvalue weighted by Crippen LogP contribution is -2.19. The van der Waals surface area contributed by atoms with Crippen LogP contribution in [0.2, 0.25) is 0 Å². The van der Waals surface area contributed by atoms with Gasteiger partial charge in [-0.05, 0) is 31.0 Å². The molecule has 6 heteroatoms. The number of carboxylic acid groups (broad SMARTS) is 1. The summed E-state index contributed by atoms with van der Waals surface area (Å²) in [7, 11) is 0. The van der Waals surface area contributed by atoms with Crippen LogP contribution in [-0.4, -0.2) is 26.8 Å². The van der Waals surface area contributed by atoms with Gasteiger partial charge in [0, 0.05) is 11.9 Å². The molecule has 20 heavy (non-hydrogen) atoms. The molecule has 0 unspecified atom stereocenters. The molecule has 0 bridgehead atoms. The number of carbonyl (C=O) groups is 2. The lowest BCUT2D eigenvalue weighted by Gasteiger charge is -2.09. The van der Waals surface area contributed by atoms with Crippen LogP contribution in [0.1, 0.15) is 21.5 Å². The lowest BCUT2D eigenvalue weighted by molar-refractivity contribution is -0.116. The first kappa shape index (κ1) is 13.8. The highest BCUT2D eigenvalue weighted by Gasteiger charge is 2.10. The second kappa shape index (κ2) is 5.56. The van der Waals surface area contributed by atoms with Gasteiger partial charge in [0.2, 0.25) is 5.91 Å². The Balaban J connectivity index is 2.05. The standard InChI is InChI=1S/C14H15N3O3/c1-9-3-4-10(2)12(5-9)16-13(18)8-17-7-11(6-15-17)14(19)20/h3-7H,8H2,1-2H3,(H,16,18)(H,19,20). The normalized spacial score (nSPS) is 10.3. The largest absolute Gasteiger partial charge is 0.478 e. The number of hydrogen-bond donors (Lipinski definition) is 2. The fraction of sp³-hybridized carbons (Fsp3) is 0.214. The van der Waals surface area contributed by atoms with Gasteiger partial charge in [-0.2, -0.15) is 5.10 Å². The van der Waals surface area contributed by atoms with Gasteiger partial charge in [0.1, 0.15) is 6.54 Å². The van der Waals surface area contributed by atoms with E-state index in [-0.39, 0.29) is 18.0 Å². The molecule has 1 aromatic heterocycles. The molecule has 0 saturated carbocycles. The maximum atomic E-state index is 11.9. The Morgan fingerprint density at radius 1 is 1.35 bits per heavy atom. The number of carbonyl (C=O) groups excluding carboxylic acids is 1. The van der Waals surface area contributed by atoms with Gasteiger partial charge in [-0.3, -0.25) is 9.48 Å². The average molecular weight is 273 g/mol. The zero-order valence-electron chi connectivity index (χ0n) is 11.3. The van der Waals surface area contributed by atoms with E-state index in [1.165, 1.54) is 17.1 Å². The SMILES string of the molecule is Cc1ccc(C)c(NC(=O)Cn2cc(C(=O)O)cn2)c1. The third kappa shape index (κ3) is 3.23. The number of amides is 1. The zero-order valence-corrected chi connectivity index (χ0v) is 11.3. The van der Waals surface area contributed by atoms with E-state index in [1.807, 2.05) is 32.0 Å². The summed E-state index contributed by atoms with van der Waals surface area (Å²) in [5, 5.41) is 15.4. The van der Waals surface area contributed by atoms with Crippen LogP contribution in [0.25, 0.3) is 0 Å². The van der Waals surface area contributed by atoms with Crippen molar-refractivity contribution in [2.45, 2.75) is 20.4 Å². The van der Waals surface area contributed by atoms with Gasteiger partial charge in [-0.15, -0.1) is 0 Å². The highest BCUT2D eigenvalue weighted by Crippen LogP contribution is 2.16. The minimum atomic E-state index is -1.06. The number of aryl methyl sites for hydroxylation is 2. The van der Waals surface area contributed by atoms with Crippen molar-refractivity contribution < 1.29 is 14.7 Å². The minimum absolute atomic E-state index is 0.0271. The predicted molar refractivity (Wildman–Crippen MR) is 73.7 cm³/mol. The van der Waals surface area contributed by atoms with Crippen molar-refractivity contribution in [3.63, 3.8) is 0 Å². The molecule has 2 rings (SSSR count). The molecule has 0 aliphatic heterocycles. The number of nitrogens with zero attached hydrogens (tertiary/aromatic N) is 2. The zero-order chi connectivity index (χ0) is 14.7. The number of aromatic carboxylic acids is 1. The Labute approximate surface area is 116 Å². The van der Waals surface area contributed by atoms with E-state index < -0.39 is 5.97 Å². The van der Waals surface area contributed by atoms with E-state index in [0.717, 1.165) is 16.8 Å². The summed E-state index contributed by atoms with van der Waals surface area (Å²) in [5.74, 6) is -1.31. The van der Waals surface area contributed by atoms with Gasteiger partial charge in [0.15, 0.2) is 0 Å². The molecule has 1 heterocycles. The Bertz CT molecular complexity index is 661. The van der Waals surface area contributed by atoms with Crippen molar-refractivity contribution in [3.8, 4) is 0 Å². The average Bonchev–Trinajstić information content (AvgIpc) is 2.82. The number of aromatic nitrogens is 2. The van der Waals surface area contributed by atoms with Gasteiger partial charge >= 0.3 is 5.97 Å². The smallest absolute Gasteiger partial charge is 0.338 e. The van der Waals surface area contributed by atoms with Crippen molar-refractivity contribution in [1.29, 1.82) is 0 Å². The molecule has 0 spiro atoms. The topological polar surface area (TPSA) is 84.2 Å². The third-order valence-electron chi connectivity index (χ3n) is 2.85. The molecule has 0 fully saturated rings. The molecule has 0 saturated heterocycles. The number of nitrogens with one attached hydrogen (secondary N) is 1. The second-order valence-electron chi connectivity index (χ2n) is 4.60.